The lowest BCUT2D eigenvalue weighted by Gasteiger charge is -2.36. The SMILES string of the molecule is CCCCOC(C)OCC1CC2CC1C1C3C=CC(C3)C21. The van der Waals surface area contributed by atoms with Crippen molar-refractivity contribution in [3.8, 4) is 0 Å². The Morgan fingerprint density at radius 2 is 1.86 bits per heavy atom. The second-order valence-electron chi connectivity index (χ2n) is 7.88. The van der Waals surface area contributed by atoms with Gasteiger partial charge in [-0.15, -0.1) is 0 Å². The molecule has 8 atom stereocenters. The third-order valence-corrected chi connectivity index (χ3v) is 6.80. The Balaban J connectivity index is 1.28. The van der Waals surface area contributed by atoms with Crippen molar-refractivity contribution in [2.45, 2.75) is 52.2 Å². The molecule has 0 heterocycles. The number of hydrogen-bond donors (Lipinski definition) is 0. The van der Waals surface area contributed by atoms with E-state index in [1.807, 2.05) is 0 Å². The van der Waals surface area contributed by atoms with Gasteiger partial charge in [0.2, 0.25) is 0 Å². The molecule has 3 fully saturated rings. The molecule has 4 aliphatic carbocycles. The van der Waals surface area contributed by atoms with Crippen molar-refractivity contribution in [3.05, 3.63) is 12.2 Å². The van der Waals surface area contributed by atoms with Crippen molar-refractivity contribution in [1.82, 2.24) is 0 Å². The van der Waals surface area contributed by atoms with Crippen molar-refractivity contribution in [2.75, 3.05) is 13.2 Å². The molecule has 0 N–H and O–H groups in total. The van der Waals surface area contributed by atoms with Gasteiger partial charge >= 0.3 is 0 Å². The molecule has 0 saturated heterocycles. The summed E-state index contributed by atoms with van der Waals surface area (Å²) in [7, 11) is 0. The summed E-state index contributed by atoms with van der Waals surface area (Å²) in [5.74, 6) is 6.65. The largest absolute Gasteiger partial charge is 0.353 e. The molecular formula is C19H30O2. The maximum Gasteiger partial charge on any atom is 0.154 e. The van der Waals surface area contributed by atoms with Gasteiger partial charge in [0.15, 0.2) is 6.29 Å². The maximum absolute atomic E-state index is 6.01. The summed E-state index contributed by atoms with van der Waals surface area (Å²) in [6, 6.07) is 0. The zero-order chi connectivity index (χ0) is 14.4. The summed E-state index contributed by atoms with van der Waals surface area (Å²) in [5.41, 5.74) is 0. The average molecular weight is 290 g/mol. The van der Waals surface area contributed by atoms with Crippen molar-refractivity contribution < 1.29 is 9.47 Å². The van der Waals surface area contributed by atoms with Crippen LogP contribution in [0.2, 0.25) is 0 Å². The zero-order valence-electron chi connectivity index (χ0n) is 13.5. The molecule has 8 unspecified atom stereocenters. The molecule has 0 radical (unpaired) electrons. The average Bonchev–Trinajstić information content (AvgIpc) is 3.23. The van der Waals surface area contributed by atoms with E-state index in [1.54, 1.807) is 0 Å². The van der Waals surface area contributed by atoms with Crippen LogP contribution in [0.15, 0.2) is 12.2 Å². The second-order valence-corrected chi connectivity index (χ2v) is 7.88. The zero-order valence-corrected chi connectivity index (χ0v) is 13.5. The Hall–Kier alpha value is -0.340. The van der Waals surface area contributed by atoms with Crippen LogP contribution in [0.25, 0.3) is 0 Å². The van der Waals surface area contributed by atoms with Crippen LogP contribution in [0.1, 0.15) is 46.0 Å². The maximum atomic E-state index is 6.01. The van der Waals surface area contributed by atoms with Crippen LogP contribution in [0.3, 0.4) is 0 Å². The lowest BCUT2D eigenvalue weighted by atomic mass is 9.69. The molecule has 4 bridgehead atoms. The van der Waals surface area contributed by atoms with Crippen molar-refractivity contribution >= 4 is 0 Å². The molecule has 118 valence electrons. The van der Waals surface area contributed by atoms with Gasteiger partial charge in [-0.3, -0.25) is 0 Å². The van der Waals surface area contributed by atoms with Crippen molar-refractivity contribution in [3.63, 3.8) is 0 Å². The van der Waals surface area contributed by atoms with Gasteiger partial charge in [-0.25, -0.2) is 0 Å². The van der Waals surface area contributed by atoms with E-state index < -0.39 is 0 Å². The van der Waals surface area contributed by atoms with Gasteiger partial charge in [-0.1, -0.05) is 25.5 Å². The molecule has 0 aromatic heterocycles. The van der Waals surface area contributed by atoms with Gasteiger partial charge in [0.25, 0.3) is 0 Å². The highest BCUT2D eigenvalue weighted by atomic mass is 16.7. The fraction of sp³-hybridized carbons (Fsp3) is 0.895. The number of unbranched alkanes of at least 4 members (excludes halogenated alkanes) is 1. The summed E-state index contributed by atoms with van der Waals surface area (Å²) in [6.45, 7) is 6.03. The number of fused-ring (bicyclic) bond motifs is 9. The highest BCUT2D eigenvalue weighted by Gasteiger charge is 2.60. The Morgan fingerprint density at radius 1 is 1.05 bits per heavy atom. The van der Waals surface area contributed by atoms with E-state index in [4.69, 9.17) is 9.47 Å². The summed E-state index contributed by atoms with van der Waals surface area (Å²) >= 11 is 0. The minimum atomic E-state index is -0.0219. The smallest absolute Gasteiger partial charge is 0.154 e. The summed E-state index contributed by atoms with van der Waals surface area (Å²) in [4.78, 5) is 0. The molecule has 0 aromatic rings. The van der Waals surface area contributed by atoms with E-state index in [2.05, 4.69) is 26.0 Å². The first kappa shape index (κ1) is 14.3. The predicted molar refractivity (Wildman–Crippen MR) is 83.7 cm³/mol. The number of hydrogen-bond acceptors (Lipinski definition) is 2. The quantitative estimate of drug-likeness (QED) is 0.302. The molecule has 2 nitrogen and oxygen atoms in total. The van der Waals surface area contributed by atoms with Gasteiger partial charge in [0.1, 0.15) is 0 Å². The fourth-order valence-corrected chi connectivity index (χ4v) is 6.05. The van der Waals surface area contributed by atoms with E-state index in [9.17, 15) is 0 Å². The molecule has 3 saturated carbocycles. The molecule has 4 aliphatic rings. The van der Waals surface area contributed by atoms with E-state index >= 15 is 0 Å². The van der Waals surface area contributed by atoms with Crippen LogP contribution in [0.5, 0.6) is 0 Å². The molecular weight excluding hydrogens is 260 g/mol. The lowest BCUT2D eigenvalue weighted by molar-refractivity contribution is -0.144. The van der Waals surface area contributed by atoms with Gasteiger partial charge in [0, 0.05) is 6.61 Å². The Morgan fingerprint density at radius 3 is 2.67 bits per heavy atom. The number of rotatable bonds is 7. The van der Waals surface area contributed by atoms with Crippen LogP contribution in [0.4, 0.5) is 0 Å². The summed E-state index contributed by atoms with van der Waals surface area (Å²) in [5, 5.41) is 0. The van der Waals surface area contributed by atoms with Gasteiger partial charge < -0.3 is 9.47 Å². The Labute approximate surface area is 129 Å². The van der Waals surface area contributed by atoms with Crippen LogP contribution < -0.4 is 0 Å². The minimum Gasteiger partial charge on any atom is -0.353 e. The lowest BCUT2D eigenvalue weighted by Crippen LogP contribution is -2.33. The monoisotopic (exact) mass is 290 g/mol. The molecule has 21 heavy (non-hydrogen) atoms. The molecule has 2 heteroatoms. The Bertz CT molecular complexity index is 404. The van der Waals surface area contributed by atoms with Crippen LogP contribution in [0, 0.1) is 41.4 Å². The summed E-state index contributed by atoms with van der Waals surface area (Å²) in [6.07, 6.45) is 11.7. The normalized spacial score (nSPS) is 47.2. The first-order valence-electron chi connectivity index (χ1n) is 9.19. The van der Waals surface area contributed by atoms with Gasteiger partial charge in [0.05, 0.1) is 6.61 Å². The number of allylic oxidation sites excluding steroid dienone is 2. The van der Waals surface area contributed by atoms with Gasteiger partial charge in [-0.2, -0.15) is 0 Å². The van der Waals surface area contributed by atoms with Crippen molar-refractivity contribution in [1.29, 1.82) is 0 Å². The van der Waals surface area contributed by atoms with E-state index in [0.29, 0.717) is 0 Å². The molecule has 0 spiro atoms. The molecule has 0 amide bonds. The molecule has 0 aliphatic heterocycles. The topological polar surface area (TPSA) is 18.5 Å². The fourth-order valence-electron chi connectivity index (χ4n) is 6.05. The van der Waals surface area contributed by atoms with Crippen LogP contribution >= 0.6 is 0 Å². The molecule has 4 rings (SSSR count). The first-order chi connectivity index (χ1) is 10.3. The summed E-state index contributed by atoms with van der Waals surface area (Å²) < 4.78 is 11.7. The second kappa shape index (κ2) is 5.70. The Kier molecular flexibility index (Phi) is 3.87. The van der Waals surface area contributed by atoms with E-state index in [0.717, 1.165) is 61.1 Å². The van der Waals surface area contributed by atoms with Crippen LogP contribution in [-0.4, -0.2) is 19.5 Å². The van der Waals surface area contributed by atoms with Crippen LogP contribution in [-0.2, 0) is 9.47 Å². The number of ether oxygens (including phenoxy) is 2. The predicted octanol–water partition coefficient (Wildman–Crippen LogP) is 4.26. The van der Waals surface area contributed by atoms with E-state index in [-0.39, 0.29) is 6.29 Å². The van der Waals surface area contributed by atoms with Crippen molar-refractivity contribution in [2.24, 2.45) is 41.4 Å². The van der Waals surface area contributed by atoms with Gasteiger partial charge in [-0.05, 0) is 74.0 Å². The van der Waals surface area contributed by atoms with E-state index in [1.165, 1.54) is 25.7 Å². The third-order valence-electron chi connectivity index (χ3n) is 6.80. The highest BCUT2D eigenvalue weighted by Crippen LogP contribution is 2.66. The third kappa shape index (κ3) is 2.39. The minimum absolute atomic E-state index is 0.0219. The first-order valence-corrected chi connectivity index (χ1v) is 9.19. The highest BCUT2D eigenvalue weighted by molar-refractivity contribution is 5.20. The standard InChI is InChI=1S/C19H30O2/c1-3-4-7-20-12(2)21-11-16-9-15-10-17(16)19-14-6-5-13(8-14)18(15)19/h5-6,12-19H,3-4,7-11H2,1-2H3. The molecule has 0 aromatic carbocycles.